The van der Waals surface area contributed by atoms with Crippen molar-refractivity contribution in [2.75, 3.05) is 12.5 Å². The van der Waals surface area contributed by atoms with Gasteiger partial charge in [0.2, 0.25) is 0 Å². The van der Waals surface area contributed by atoms with Crippen molar-refractivity contribution in [2.45, 2.75) is 36.0 Å². The van der Waals surface area contributed by atoms with Crippen LogP contribution in [0.3, 0.4) is 0 Å². The third-order valence-electron chi connectivity index (χ3n) is 9.70. The van der Waals surface area contributed by atoms with Crippen LogP contribution >= 0.6 is 10.0 Å². The predicted octanol–water partition coefficient (Wildman–Crippen LogP) is 12.8. The van der Waals surface area contributed by atoms with Crippen molar-refractivity contribution < 1.29 is 0 Å². The van der Waals surface area contributed by atoms with Gasteiger partial charge in [-0.25, -0.2) is 0 Å². The molecule has 1 heterocycles. The quantitative estimate of drug-likeness (QED) is 0.178. The van der Waals surface area contributed by atoms with E-state index >= 15 is 0 Å². The third kappa shape index (κ3) is 4.44. The first-order valence-electron chi connectivity index (χ1n) is 15.8. The van der Waals surface area contributed by atoms with E-state index in [0.29, 0.717) is 0 Å². The van der Waals surface area contributed by atoms with E-state index in [9.17, 15) is 0 Å². The first kappa shape index (κ1) is 27.9. The Morgan fingerprint density at radius 1 is 0.400 bits per heavy atom. The monoisotopic (exact) mass is 598 g/mol. The molecule has 0 N–H and O–H groups in total. The number of hydrogen-bond acceptors (Lipinski definition) is 0. The summed E-state index contributed by atoms with van der Waals surface area (Å²) in [5.74, 6) is 0. The number of hydrogen-bond donors (Lipinski definition) is 0. The van der Waals surface area contributed by atoms with Crippen LogP contribution in [-0.2, 0) is 5.41 Å². The van der Waals surface area contributed by atoms with Gasteiger partial charge in [0.25, 0.3) is 0 Å². The van der Waals surface area contributed by atoms with Gasteiger partial charge in [0.1, 0.15) is 0 Å². The lowest BCUT2D eigenvalue weighted by Crippen LogP contribution is -2.10. The summed E-state index contributed by atoms with van der Waals surface area (Å²) >= 11 is 0. The zero-order valence-electron chi connectivity index (χ0n) is 26.7. The molecule has 220 valence electrons. The molecule has 0 amide bonds. The van der Waals surface area contributed by atoms with Crippen molar-refractivity contribution in [3.8, 4) is 44.5 Å². The minimum Gasteiger partial charge on any atom is -0.192 e. The number of fused-ring (bicyclic) bond motifs is 5. The highest BCUT2D eigenvalue weighted by Gasteiger charge is 2.33. The molecule has 0 fully saturated rings. The van der Waals surface area contributed by atoms with Gasteiger partial charge >= 0.3 is 0 Å². The van der Waals surface area contributed by atoms with Crippen LogP contribution in [0.2, 0.25) is 0 Å². The van der Waals surface area contributed by atoms with Crippen LogP contribution in [0.25, 0.3) is 66.1 Å². The van der Waals surface area contributed by atoms with E-state index in [1.807, 2.05) is 0 Å². The van der Waals surface area contributed by atoms with Crippen LogP contribution in [0.15, 0.2) is 149 Å². The average molecular weight is 599 g/mol. The van der Waals surface area contributed by atoms with Crippen molar-refractivity contribution in [3.05, 3.63) is 145 Å². The minimum atomic E-state index is -1.16. The summed E-state index contributed by atoms with van der Waals surface area (Å²) in [6.45, 7) is 6.87. The van der Waals surface area contributed by atoms with Gasteiger partial charge in [-0.1, -0.05) is 136 Å². The molecule has 1 heteroatoms. The highest BCUT2D eigenvalue weighted by Crippen LogP contribution is 2.68. The Labute approximate surface area is 268 Å². The fourth-order valence-corrected chi connectivity index (χ4v) is 9.83. The molecule has 0 nitrogen and oxygen atoms in total. The highest BCUT2D eigenvalue weighted by atomic mass is 32.3. The van der Waals surface area contributed by atoms with Gasteiger partial charge in [0.05, 0.1) is 0 Å². The van der Waals surface area contributed by atoms with Crippen molar-refractivity contribution in [3.63, 3.8) is 0 Å². The van der Waals surface area contributed by atoms with Gasteiger partial charge in [-0.15, -0.1) is 0 Å². The summed E-state index contributed by atoms with van der Waals surface area (Å²) in [7, 11) is -1.16. The smallest absolute Gasteiger partial charge is 0.00219 e. The molecule has 0 aromatic heterocycles. The van der Waals surface area contributed by atoms with Crippen LogP contribution in [0.1, 0.15) is 26.3 Å². The second-order valence-electron chi connectivity index (χ2n) is 13.8. The maximum Gasteiger partial charge on any atom is 0.00219 e. The molecule has 0 spiro atoms. The fraction of sp³-hybridized carbons (Fsp3) is 0.136. The Kier molecular flexibility index (Phi) is 6.34. The molecule has 0 saturated carbocycles. The Bertz CT molecular complexity index is 2230. The topological polar surface area (TPSA) is 0 Å². The van der Waals surface area contributed by atoms with Crippen LogP contribution in [0.5, 0.6) is 0 Å². The van der Waals surface area contributed by atoms with Gasteiger partial charge in [-0.2, -0.15) is 10.0 Å². The summed E-state index contributed by atoms with van der Waals surface area (Å²) in [6.07, 6.45) is 4.93. The standard InChI is InChI=1S/C44H38S/c1-44(2,3)33-23-20-31(21-24-33)42-35-25-22-32(29-14-8-6-9-15-29)26-37(35)43(30-16-10-7-11-17-30)39-28-41-36(27-38(39)42)34-18-12-13-19-40(34)45(41,4)5/h6-28H,1-5H3. The lowest BCUT2D eigenvalue weighted by molar-refractivity contribution is 0.590. The van der Waals surface area contributed by atoms with Gasteiger partial charge < -0.3 is 0 Å². The molecular formula is C44H38S. The van der Waals surface area contributed by atoms with E-state index in [2.05, 4.69) is 173 Å². The zero-order valence-corrected chi connectivity index (χ0v) is 27.5. The van der Waals surface area contributed by atoms with Crippen molar-refractivity contribution >= 4 is 31.6 Å². The van der Waals surface area contributed by atoms with E-state index in [1.54, 1.807) is 0 Å². The van der Waals surface area contributed by atoms with E-state index in [-0.39, 0.29) is 5.41 Å². The molecule has 0 atom stereocenters. The summed E-state index contributed by atoms with van der Waals surface area (Å²) in [5.41, 5.74) is 11.9. The lowest BCUT2D eigenvalue weighted by atomic mass is 9.82. The molecule has 1 aliphatic rings. The second kappa shape index (κ2) is 10.2. The SMILES string of the molecule is CC(C)(C)c1ccc(-c2c3ccc(-c4ccccc4)cc3c(-c3ccccc3)c3cc4c(cc23)-c2ccccc2S4(C)C)cc1. The summed E-state index contributed by atoms with van der Waals surface area (Å²) < 4.78 is 0. The highest BCUT2D eigenvalue weighted by molar-refractivity contribution is 8.33. The molecule has 0 saturated heterocycles. The van der Waals surface area contributed by atoms with Crippen molar-refractivity contribution in [1.29, 1.82) is 0 Å². The largest absolute Gasteiger partial charge is 0.192 e. The first-order chi connectivity index (χ1) is 21.7. The Morgan fingerprint density at radius 2 is 0.933 bits per heavy atom. The predicted molar refractivity (Wildman–Crippen MR) is 198 cm³/mol. The third-order valence-corrected chi connectivity index (χ3v) is 12.6. The van der Waals surface area contributed by atoms with Crippen molar-refractivity contribution in [1.82, 2.24) is 0 Å². The van der Waals surface area contributed by atoms with Gasteiger partial charge in [-0.05, 0) is 114 Å². The average Bonchev–Trinajstić information content (AvgIpc) is 3.28. The first-order valence-corrected chi connectivity index (χ1v) is 18.3. The molecule has 7 aromatic carbocycles. The van der Waals surface area contributed by atoms with Gasteiger partial charge in [0, 0.05) is 9.79 Å². The van der Waals surface area contributed by atoms with Crippen LogP contribution in [-0.4, -0.2) is 12.5 Å². The zero-order chi connectivity index (χ0) is 30.9. The second-order valence-corrected chi connectivity index (χ2v) is 17.3. The summed E-state index contributed by atoms with van der Waals surface area (Å²) in [6, 6.07) is 52.4. The molecule has 0 unspecified atom stereocenters. The van der Waals surface area contributed by atoms with E-state index in [4.69, 9.17) is 0 Å². The number of benzene rings is 7. The minimum absolute atomic E-state index is 0.101. The Morgan fingerprint density at radius 3 is 1.62 bits per heavy atom. The summed E-state index contributed by atoms with van der Waals surface area (Å²) in [4.78, 5) is 2.98. The number of rotatable bonds is 3. The molecule has 0 radical (unpaired) electrons. The molecule has 45 heavy (non-hydrogen) atoms. The molecule has 1 aliphatic heterocycles. The molecule has 0 aliphatic carbocycles. The molecule has 0 bridgehead atoms. The maximum absolute atomic E-state index is 2.56. The van der Waals surface area contributed by atoms with E-state index < -0.39 is 10.0 Å². The molecular weight excluding hydrogens is 561 g/mol. The molecule has 8 rings (SSSR count). The normalized spacial score (nSPS) is 14.3. The van der Waals surface area contributed by atoms with E-state index in [0.717, 1.165) is 0 Å². The Hall–Kier alpha value is -4.59. The Balaban J connectivity index is 1.55. The lowest BCUT2D eigenvalue weighted by Gasteiger charge is -2.29. The maximum atomic E-state index is 2.56. The molecule has 7 aromatic rings. The van der Waals surface area contributed by atoms with E-state index in [1.165, 1.54) is 81.4 Å². The van der Waals surface area contributed by atoms with Crippen molar-refractivity contribution in [2.24, 2.45) is 0 Å². The van der Waals surface area contributed by atoms with Crippen LogP contribution in [0, 0.1) is 0 Å². The van der Waals surface area contributed by atoms with Crippen LogP contribution in [0.4, 0.5) is 0 Å². The fourth-order valence-electron chi connectivity index (χ4n) is 7.31. The van der Waals surface area contributed by atoms with Crippen LogP contribution < -0.4 is 0 Å². The van der Waals surface area contributed by atoms with Gasteiger partial charge in [-0.3, -0.25) is 0 Å². The summed E-state index contributed by atoms with van der Waals surface area (Å²) in [5, 5.41) is 5.25. The van der Waals surface area contributed by atoms with Gasteiger partial charge in [0.15, 0.2) is 0 Å².